The molecule has 0 aliphatic carbocycles. The van der Waals surface area contributed by atoms with Crippen LogP contribution in [-0.4, -0.2) is 51.1 Å². The highest BCUT2D eigenvalue weighted by molar-refractivity contribution is 7.32. The fourth-order valence-electron chi connectivity index (χ4n) is 4.65. The Balaban J connectivity index is 1.70. The van der Waals surface area contributed by atoms with Crippen molar-refractivity contribution < 1.29 is 28.6 Å². The summed E-state index contributed by atoms with van der Waals surface area (Å²) in [6.07, 6.45) is 15.2. The minimum absolute atomic E-state index is 0.0704. The van der Waals surface area contributed by atoms with Crippen LogP contribution in [0.1, 0.15) is 103 Å². The maximum absolute atomic E-state index is 12.3. The van der Waals surface area contributed by atoms with Crippen molar-refractivity contribution in [2.75, 3.05) is 18.9 Å². The van der Waals surface area contributed by atoms with E-state index in [4.69, 9.17) is 19.7 Å². The molecular formula is C25H46N3O7P. The normalized spacial score (nSPS) is 22.8. The molecule has 1 aliphatic heterocycles. The van der Waals surface area contributed by atoms with E-state index in [0.717, 1.165) is 19.3 Å². The van der Waals surface area contributed by atoms with Gasteiger partial charge >= 0.3 is 13.9 Å². The Labute approximate surface area is 215 Å². The van der Waals surface area contributed by atoms with Crippen molar-refractivity contribution in [2.45, 2.75) is 121 Å². The molecule has 0 aromatic carbocycles. The molecule has 0 saturated carbocycles. The van der Waals surface area contributed by atoms with Gasteiger partial charge in [-0.05, 0) is 12.5 Å². The lowest BCUT2D eigenvalue weighted by Crippen LogP contribution is -2.39. The smallest absolute Gasteiger partial charge is 0.351 e. The Morgan fingerprint density at radius 3 is 2.06 bits per heavy atom. The fourth-order valence-corrected chi connectivity index (χ4v) is 5.17. The third-order valence-electron chi connectivity index (χ3n) is 6.64. The molecule has 1 saturated heterocycles. The summed E-state index contributed by atoms with van der Waals surface area (Å²) in [5.41, 5.74) is 4.93. The lowest BCUT2D eigenvalue weighted by Gasteiger charge is -2.24. The first-order valence-electron chi connectivity index (χ1n) is 13.6. The van der Waals surface area contributed by atoms with E-state index in [0.29, 0.717) is 6.61 Å². The van der Waals surface area contributed by atoms with Crippen LogP contribution in [-0.2, 0) is 18.6 Å². The van der Waals surface area contributed by atoms with Crippen LogP contribution < -0.4 is 11.4 Å². The van der Waals surface area contributed by atoms with Gasteiger partial charge in [-0.25, -0.2) is 4.79 Å². The average molecular weight is 532 g/mol. The highest BCUT2D eigenvalue weighted by Crippen LogP contribution is 2.37. The van der Waals surface area contributed by atoms with Crippen LogP contribution in [0.2, 0.25) is 0 Å². The molecule has 5 atom stereocenters. The summed E-state index contributed by atoms with van der Waals surface area (Å²) in [6.45, 7) is 2.18. The van der Waals surface area contributed by atoms with Gasteiger partial charge in [0, 0.05) is 12.8 Å². The maximum atomic E-state index is 12.3. The van der Waals surface area contributed by atoms with E-state index >= 15 is 0 Å². The largest absolute Gasteiger partial charge is 0.394 e. The number of nitrogens with two attached hydrogens (primary N) is 1. The van der Waals surface area contributed by atoms with E-state index in [1.807, 2.05) is 0 Å². The molecule has 1 aromatic heterocycles. The van der Waals surface area contributed by atoms with Crippen LogP contribution >= 0.6 is 8.25 Å². The summed E-state index contributed by atoms with van der Waals surface area (Å²) in [4.78, 5) is 25.4. The molecule has 4 N–H and O–H groups in total. The highest BCUT2D eigenvalue weighted by Gasteiger charge is 2.48. The first-order valence-corrected chi connectivity index (χ1v) is 14.9. The van der Waals surface area contributed by atoms with Crippen LogP contribution in [0.3, 0.4) is 0 Å². The van der Waals surface area contributed by atoms with Crippen molar-refractivity contribution in [3.05, 3.63) is 22.7 Å². The highest BCUT2D eigenvalue weighted by atomic mass is 31.1. The van der Waals surface area contributed by atoms with Gasteiger partial charge in [-0.1, -0.05) is 90.4 Å². The number of aromatic nitrogens is 2. The number of nitrogen functional groups attached to an aromatic ring is 1. The van der Waals surface area contributed by atoms with Crippen LogP contribution in [0.5, 0.6) is 0 Å². The number of ether oxygens (including phenoxy) is 2. The molecule has 11 heteroatoms. The molecule has 208 valence electrons. The zero-order valence-corrected chi connectivity index (χ0v) is 22.7. The van der Waals surface area contributed by atoms with Gasteiger partial charge in [0.25, 0.3) is 0 Å². The Bertz CT molecular complexity index is 810. The number of hydrogen-bond acceptors (Lipinski definition) is 8. The van der Waals surface area contributed by atoms with Crippen molar-refractivity contribution in [3.63, 3.8) is 0 Å². The second-order valence-electron chi connectivity index (χ2n) is 9.57. The van der Waals surface area contributed by atoms with Gasteiger partial charge in [0.05, 0.1) is 6.61 Å². The number of aliphatic hydroxyl groups excluding tert-OH is 1. The third-order valence-corrected chi connectivity index (χ3v) is 7.11. The Morgan fingerprint density at radius 1 is 1.00 bits per heavy atom. The van der Waals surface area contributed by atoms with Gasteiger partial charge in [0.2, 0.25) is 0 Å². The zero-order chi connectivity index (χ0) is 26.2. The Kier molecular flexibility index (Phi) is 15.5. The van der Waals surface area contributed by atoms with Gasteiger partial charge in [-0.15, -0.1) is 0 Å². The molecule has 10 nitrogen and oxygen atoms in total. The van der Waals surface area contributed by atoms with E-state index in [1.165, 1.54) is 87.5 Å². The lowest BCUT2D eigenvalue weighted by molar-refractivity contribution is -0.0743. The van der Waals surface area contributed by atoms with Crippen LogP contribution in [0, 0.1) is 0 Å². The molecule has 0 spiro atoms. The van der Waals surface area contributed by atoms with E-state index < -0.39 is 45.1 Å². The predicted octanol–water partition coefficient (Wildman–Crippen LogP) is 4.35. The van der Waals surface area contributed by atoms with Gasteiger partial charge in [-0.3, -0.25) is 9.13 Å². The van der Waals surface area contributed by atoms with E-state index in [2.05, 4.69) is 11.9 Å². The van der Waals surface area contributed by atoms with E-state index in [-0.39, 0.29) is 5.82 Å². The maximum Gasteiger partial charge on any atom is 0.351 e. The summed E-state index contributed by atoms with van der Waals surface area (Å²) in [5.74, 6) is 0.0704. The van der Waals surface area contributed by atoms with Crippen molar-refractivity contribution in [1.82, 2.24) is 9.55 Å². The van der Waals surface area contributed by atoms with Crippen LogP contribution in [0.15, 0.2) is 17.1 Å². The number of unbranched alkanes of at least 4 members (excludes halogenated alkanes) is 13. The predicted molar refractivity (Wildman–Crippen MR) is 140 cm³/mol. The van der Waals surface area contributed by atoms with Crippen LogP contribution in [0.4, 0.5) is 5.82 Å². The topological polar surface area (TPSA) is 146 Å². The second kappa shape index (κ2) is 18.0. The molecule has 0 bridgehead atoms. The molecule has 36 heavy (non-hydrogen) atoms. The van der Waals surface area contributed by atoms with Gasteiger partial charge in [0.1, 0.15) is 24.1 Å². The van der Waals surface area contributed by atoms with Crippen LogP contribution in [0.25, 0.3) is 0 Å². The summed E-state index contributed by atoms with van der Waals surface area (Å²) in [5, 5.41) is 9.69. The van der Waals surface area contributed by atoms with Crippen molar-refractivity contribution >= 4 is 14.1 Å². The van der Waals surface area contributed by atoms with E-state index in [1.54, 1.807) is 0 Å². The van der Waals surface area contributed by atoms with E-state index in [9.17, 15) is 19.4 Å². The number of aliphatic hydroxyl groups is 1. The SMILES string of the molecule is CCCCCCCCCCCCCCCCOC1C(O[PH](=O)O)[C@@H](CO)O[C@H]1n1ccc(N)nc1=O. The molecule has 3 unspecified atom stereocenters. The van der Waals surface area contributed by atoms with Crippen molar-refractivity contribution in [1.29, 1.82) is 0 Å². The summed E-state index contributed by atoms with van der Waals surface area (Å²) < 4.78 is 29.5. The van der Waals surface area contributed by atoms with Gasteiger partial charge in [0.15, 0.2) is 6.23 Å². The minimum Gasteiger partial charge on any atom is -0.394 e. The van der Waals surface area contributed by atoms with Gasteiger partial charge in [-0.2, -0.15) is 4.98 Å². The standard InChI is InChI=1S/C25H46N3O7P/c1-2-3-4-5-6-7-8-9-10-11-12-13-14-15-18-33-23-22(35-36(31)32)20(19-29)34-24(23)28-17-16-21(26)27-25(28)30/h16-17,20,22-24,29,36H,2-15,18-19H2,1H3,(H,31,32)(H2,26,27,30)/t20-,22?,23?,24-/m1/s1. The first-order chi connectivity index (χ1) is 17.5. The van der Waals surface area contributed by atoms with Gasteiger partial charge < -0.3 is 29.7 Å². The monoisotopic (exact) mass is 531 g/mol. The molecule has 0 amide bonds. The second-order valence-corrected chi connectivity index (χ2v) is 10.3. The molecule has 1 fully saturated rings. The van der Waals surface area contributed by atoms with Crippen molar-refractivity contribution in [2.24, 2.45) is 0 Å². The number of hydrogen-bond donors (Lipinski definition) is 3. The quantitative estimate of drug-likeness (QED) is 0.165. The lowest BCUT2D eigenvalue weighted by atomic mass is 10.0. The Hall–Kier alpha value is -1.29. The first kappa shape index (κ1) is 30.9. The summed E-state index contributed by atoms with van der Waals surface area (Å²) in [7, 11) is -3.32. The third kappa shape index (κ3) is 11.0. The molecule has 0 radical (unpaired) electrons. The molecule has 1 aliphatic rings. The molecule has 2 rings (SSSR count). The number of anilines is 1. The molecular weight excluding hydrogens is 485 g/mol. The molecule has 1 aromatic rings. The minimum atomic E-state index is -3.32. The zero-order valence-electron chi connectivity index (χ0n) is 21.7. The summed E-state index contributed by atoms with van der Waals surface area (Å²) >= 11 is 0. The Morgan fingerprint density at radius 2 is 1.56 bits per heavy atom. The fraction of sp³-hybridized carbons (Fsp3) is 0.840. The number of rotatable bonds is 20. The summed E-state index contributed by atoms with van der Waals surface area (Å²) in [6, 6.07) is 1.45. The molecule has 2 heterocycles. The number of nitrogens with zero attached hydrogens (tertiary/aromatic N) is 2. The van der Waals surface area contributed by atoms with Crippen molar-refractivity contribution in [3.8, 4) is 0 Å². The average Bonchev–Trinajstić information content (AvgIpc) is 3.17.